The molecule has 0 spiro atoms. The lowest BCUT2D eigenvalue weighted by Crippen LogP contribution is -2.03. The van der Waals surface area contributed by atoms with Crippen LogP contribution in [0.25, 0.3) is 0 Å². The van der Waals surface area contributed by atoms with E-state index in [4.69, 9.17) is 0 Å². The van der Waals surface area contributed by atoms with Gasteiger partial charge in [0.05, 0.1) is 13.7 Å². The third-order valence-electron chi connectivity index (χ3n) is 0.699. The minimum atomic E-state index is -2.42. The molecule has 0 aromatic heterocycles. The van der Waals surface area contributed by atoms with Gasteiger partial charge in [-0.3, -0.25) is 4.39 Å². The molecule has 7 heteroatoms. The van der Waals surface area contributed by atoms with Crippen molar-refractivity contribution < 1.29 is 22.3 Å². The molecule has 0 aromatic rings. The molecule has 13 heavy (non-hydrogen) atoms. The molecular weight excluding hydrogens is 201 g/mol. The zero-order valence-corrected chi connectivity index (χ0v) is 7.88. The van der Waals surface area contributed by atoms with Crippen LogP contribution in [0, 0.1) is 0 Å². The monoisotopic (exact) mass is 211 g/mol. The van der Waals surface area contributed by atoms with Crippen LogP contribution in [0.15, 0.2) is 17.0 Å². The van der Waals surface area contributed by atoms with Crippen LogP contribution in [0.4, 0.5) is 4.39 Å². The van der Waals surface area contributed by atoms with E-state index in [2.05, 4.69) is 15.7 Å². The van der Waals surface area contributed by atoms with Gasteiger partial charge < -0.3 is 4.74 Å². The Hall–Kier alpha value is -1.24. The third-order valence-corrected chi connectivity index (χ3v) is 1.09. The van der Waals surface area contributed by atoms with Crippen molar-refractivity contribution in [3.63, 3.8) is 0 Å². The SMILES string of the molecule is C=CC(=O)OCCN=S(=O)=O.CF. The molecule has 0 saturated heterocycles. The van der Waals surface area contributed by atoms with Gasteiger partial charge in [0.1, 0.15) is 6.61 Å². The largest absolute Gasteiger partial charge is 0.461 e. The van der Waals surface area contributed by atoms with Crippen molar-refractivity contribution >= 4 is 16.5 Å². The fourth-order valence-electron chi connectivity index (χ4n) is 0.317. The standard InChI is InChI=1S/C5H7NO4S.CH3F/c1-2-5(7)10-4-3-6-11(8)9;1-2/h2H,1,3-4H2;1H3. The summed E-state index contributed by atoms with van der Waals surface area (Å²) < 4.78 is 36.5. The summed E-state index contributed by atoms with van der Waals surface area (Å²) in [6, 6.07) is 0. The number of hydrogen-bond acceptors (Lipinski definition) is 5. The zero-order chi connectivity index (χ0) is 10.7. The van der Waals surface area contributed by atoms with Gasteiger partial charge in [0, 0.05) is 6.08 Å². The molecule has 0 aliphatic rings. The minimum Gasteiger partial charge on any atom is -0.461 e. The van der Waals surface area contributed by atoms with Gasteiger partial charge in [-0.15, -0.1) is 0 Å². The van der Waals surface area contributed by atoms with Crippen LogP contribution in [0.1, 0.15) is 0 Å². The average Bonchev–Trinajstić information content (AvgIpc) is 2.15. The number of hydrogen-bond donors (Lipinski definition) is 0. The second-order valence-corrected chi connectivity index (χ2v) is 2.13. The number of halogens is 1. The Morgan fingerprint density at radius 3 is 2.54 bits per heavy atom. The number of nitrogens with zero attached hydrogens (tertiary/aromatic N) is 1. The third kappa shape index (κ3) is 13.7. The molecule has 0 radical (unpaired) electrons. The van der Waals surface area contributed by atoms with Crippen molar-refractivity contribution in [3.05, 3.63) is 12.7 Å². The summed E-state index contributed by atoms with van der Waals surface area (Å²) in [7, 11) is -1.92. The van der Waals surface area contributed by atoms with Crippen LogP contribution in [0.5, 0.6) is 0 Å². The van der Waals surface area contributed by atoms with E-state index in [-0.39, 0.29) is 13.2 Å². The van der Waals surface area contributed by atoms with E-state index < -0.39 is 16.5 Å². The first kappa shape index (κ1) is 14.3. The van der Waals surface area contributed by atoms with Gasteiger partial charge in [0.25, 0.3) is 0 Å². The van der Waals surface area contributed by atoms with E-state index >= 15 is 0 Å². The molecule has 0 saturated carbocycles. The Morgan fingerprint density at radius 2 is 2.15 bits per heavy atom. The van der Waals surface area contributed by atoms with E-state index in [1.807, 2.05) is 0 Å². The Balaban J connectivity index is 0. The predicted octanol–water partition coefficient (Wildman–Crippen LogP) is 0.364. The van der Waals surface area contributed by atoms with Crippen molar-refractivity contribution in [2.24, 2.45) is 4.36 Å². The summed E-state index contributed by atoms with van der Waals surface area (Å²) in [5, 5.41) is 0. The summed E-state index contributed by atoms with van der Waals surface area (Å²) in [4.78, 5) is 10.3. The Bertz CT molecular complexity index is 264. The molecule has 5 nitrogen and oxygen atoms in total. The van der Waals surface area contributed by atoms with Gasteiger partial charge in [-0.25, -0.2) is 4.79 Å². The van der Waals surface area contributed by atoms with Crippen LogP contribution in [-0.2, 0) is 20.0 Å². The molecule has 0 heterocycles. The number of alkyl halides is 1. The first-order chi connectivity index (χ1) is 6.16. The number of carbonyl (C=O) groups excluding carboxylic acids is 1. The Morgan fingerprint density at radius 1 is 1.62 bits per heavy atom. The Kier molecular flexibility index (Phi) is 11.8. The number of carbonyl (C=O) groups is 1. The summed E-state index contributed by atoms with van der Waals surface area (Å²) in [5.74, 6) is -0.586. The maximum absolute atomic E-state index is 10.3. The molecule has 0 atom stereocenters. The molecule has 76 valence electrons. The van der Waals surface area contributed by atoms with Crippen molar-refractivity contribution in [2.75, 3.05) is 20.3 Å². The van der Waals surface area contributed by atoms with Crippen molar-refractivity contribution in [1.29, 1.82) is 0 Å². The quantitative estimate of drug-likeness (QED) is 0.382. The highest BCUT2D eigenvalue weighted by Gasteiger charge is 1.92. The number of ether oxygens (including phenoxy) is 1. The summed E-state index contributed by atoms with van der Waals surface area (Å²) >= 11 is 0. The normalized spacial score (nSPS) is 7.54. The van der Waals surface area contributed by atoms with Gasteiger partial charge in [-0.05, 0) is 0 Å². The molecular formula is C6H10FNO4S. The van der Waals surface area contributed by atoms with E-state index in [1.165, 1.54) is 0 Å². The summed E-state index contributed by atoms with van der Waals surface area (Å²) in [6.07, 6.45) is 0.994. The van der Waals surface area contributed by atoms with Crippen LogP contribution >= 0.6 is 0 Å². The fraction of sp³-hybridized carbons (Fsp3) is 0.500. The second kappa shape index (κ2) is 10.8. The van der Waals surface area contributed by atoms with Gasteiger partial charge in [0.2, 0.25) is 0 Å². The first-order valence-electron chi connectivity index (χ1n) is 3.10. The molecule has 0 fully saturated rings. The van der Waals surface area contributed by atoms with Gasteiger partial charge in [-0.1, -0.05) is 6.58 Å². The van der Waals surface area contributed by atoms with Crippen molar-refractivity contribution in [1.82, 2.24) is 0 Å². The average molecular weight is 211 g/mol. The lowest BCUT2D eigenvalue weighted by Gasteiger charge is -1.94. The highest BCUT2D eigenvalue weighted by Crippen LogP contribution is 1.79. The smallest absolute Gasteiger partial charge is 0.330 e. The van der Waals surface area contributed by atoms with Crippen molar-refractivity contribution in [2.45, 2.75) is 0 Å². The van der Waals surface area contributed by atoms with Gasteiger partial charge in [0.15, 0.2) is 0 Å². The lowest BCUT2D eigenvalue weighted by molar-refractivity contribution is -0.137. The molecule has 0 amide bonds. The second-order valence-electron chi connectivity index (χ2n) is 1.44. The summed E-state index contributed by atoms with van der Waals surface area (Å²) in [5.41, 5.74) is 0. The van der Waals surface area contributed by atoms with Gasteiger partial charge in [-0.2, -0.15) is 12.8 Å². The maximum atomic E-state index is 10.3. The number of esters is 1. The summed E-state index contributed by atoms with van der Waals surface area (Å²) in [6.45, 7) is 3.06. The van der Waals surface area contributed by atoms with E-state index in [0.29, 0.717) is 7.18 Å². The highest BCUT2D eigenvalue weighted by molar-refractivity contribution is 7.61. The lowest BCUT2D eigenvalue weighted by atomic mass is 10.6. The van der Waals surface area contributed by atoms with Gasteiger partial charge >= 0.3 is 16.5 Å². The maximum Gasteiger partial charge on any atom is 0.330 e. The minimum absolute atomic E-state index is 0.0428. The van der Waals surface area contributed by atoms with Crippen LogP contribution in [0.2, 0.25) is 0 Å². The van der Waals surface area contributed by atoms with E-state index in [9.17, 15) is 17.6 Å². The topological polar surface area (TPSA) is 72.8 Å². The van der Waals surface area contributed by atoms with E-state index in [0.717, 1.165) is 6.08 Å². The molecule has 0 unspecified atom stereocenters. The fourth-order valence-corrected chi connectivity index (χ4v) is 0.541. The van der Waals surface area contributed by atoms with Crippen LogP contribution in [-0.4, -0.2) is 34.7 Å². The molecule has 0 aliphatic heterocycles. The van der Waals surface area contributed by atoms with Crippen LogP contribution < -0.4 is 0 Å². The highest BCUT2D eigenvalue weighted by atomic mass is 32.2. The molecule has 0 aromatic carbocycles. The molecule has 0 N–H and O–H groups in total. The Labute approximate surface area is 76.9 Å². The zero-order valence-electron chi connectivity index (χ0n) is 7.07. The first-order valence-corrected chi connectivity index (χ1v) is 4.14. The van der Waals surface area contributed by atoms with E-state index in [1.54, 1.807) is 0 Å². The molecule has 0 bridgehead atoms. The molecule has 0 rings (SSSR count). The van der Waals surface area contributed by atoms with Crippen molar-refractivity contribution in [3.8, 4) is 0 Å². The number of rotatable bonds is 4. The molecule has 0 aliphatic carbocycles. The van der Waals surface area contributed by atoms with Crippen LogP contribution in [0.3, 0.4) is 0 Å². The predicted molar refractivity (Wildman–Crippen MR) is 44.4 cm³/mol.